The van der Waals surface area contributed by atoms with E-state index in [2.05, 4.69) is 39.1 Å². The van der Waals surface area contributed by atoms with Crippen molar-refractivity contribution in [2.45, 2.75) is 13.8 Å². The molecular formula is C9H12FN5. The normalized spacial score (nSPS) is 11.2. The molecule has 0 aliphatic heterocycles. The molecule has 0 aromatic carbocycles. The second-order valence-corrected chi connectivity index (χ2v) is 3.72. The average Bonchev–Trinajstić information content (AvgIpc) is 2.61. The number of H-pyrrole nitrogens is 1. The zero-order chi connectivity index (χ0) is 10.8. The molecule has 2 N–H and O–H groups in total. The molecule has 0 aliphatic rings. The highest BCUT2D eigenvalue weighted by Crippen LogP contribution is 2.15. The predicted octanol–water partition coefficient (Wildman–Crippen LogP) is 1.56. The average molecular weight is 209 g/mol. The molecule has 80 valence electrons. The largest absolute Gasteiger partial charge is 0.368 e. The van der Waals surface area contributed by atoms with E-state index in [-0.39, 0.29) is 0 Å². The van der Waals surface area contributed by atoms with E-state index < -0.39 is 6.08 Å². The molecule has 2 heterocycles. The van der Waals surface area contributed by atoms with Crippen LogP contribution in [0.25, 0.3) is 11.2 Å². The van der Waals surface area contributed by atoms with E-state index >= 15 is 0 Å². The van der Waals surface area contributed by atoms with Gasteiger partial charge in [0.1, 0.15) is 5.52 Å². The van der Waals surface area contributed by atoms with E-state index in [1.165, 1.54) is 6.33 Å². The summed E-state index contributed by atoms with van der Waals surface area (Å²) in [7, 11) is 0. The van der Waals surface area contributed by atoms with E-state index in [1.807, 2.05) is 0 Å². The topological polar surface area (TPSA) is 66.5 Å². The first-order chi connectivity index (χ1) is 7.16. The number of fused-ring (bicyclic) bond motifs is 1. The van der Waals surface area contributed by atoms with E-state index in [0.29, 0.717) is 22.9 Å². The lowest BCUT2D eigenvalue weighted by Crippen LogP contribution is -2.10. The molecule has 0 bridgehead atoms. The number of hydrogen-bond acceptors (Lipinski definition) is 4. The molecule has 2 rings (SSSR count). The summed E-state index contributed by atoms with van der Waals surface area (Å²) in [6.07, 6.45) is 0.708. The fourth-order valence-electron chi connectivity index (χ4n) is 1.24. The molecular weight excluding hydrogens is 197 g/mol. The number of rotatable bonds is 3. The summed E-state index contributed by atoms with van der Waals surface area (Å²) in [5.74, 6) is 0.921. The van der Waals surface area contributed by atoms with Gasteiger partial charge in [0.25, 0.3) is 0 Å². The second kappa shape index (κ2) is 3.80. The fraction of sp³-hybridized carbons (Fsp3) is 0.444. The number of nitrogens with one attached hydrogen (secondary N) is 2. The van der Waals surface area contributed by atoms with Crippen LogP contribution in [0.15, 0.2) is 6.33 Å². The summed E-state index contributed by atoms with van der Waals surface area (Å²) in [4.78, 5) is 14.0. The fourth-order valence-corrected chi connectivity index (χ4v) is 1.24. The van der Waals surface area contributed by atoms with Crippen molar-refractivity contribution in [2.24, 2.45) is 5.92 Å². The number of nitrogens with zero attached hydrogens (tertiary/aromatic N) is 3. The van der Waals surface area contributed by atoms with Gasteiger partial charge in [0, 0.05) is 6.54 Å². The van der Waals surface area contributed by atoms with Crippen molar-refractivity contribution < 1.29 is 4.39 Å². The van der Waals surface area contributed by atoms with Gasteiger partial charge in [0.05, 0.1) is 6.33 Å². The monoisotopic (exact) mass is 209 g/mol. The van der Waals surface area contributed by atoms with Crippen molar-refractivity contribution in [3.8, 4) is 0 Å². The lowest BCUT2D eigenvalue weighted by Gasteiger charge is -2.08. The van der Waals surface area contributed by atoms with Gasteiger partial charge in [-0.1, -0.05) is 13.8 Å². The molecule has 0 spiro atoms. The van der Waals surface area contributed by atoms with Crippen molar-refractivity contribution in [1.29, 1.82) is 0 Å². The second-order valence-electron chi connectivity index (χ2n) is 3.72. The molecule has 2 aromatic rings. The van der Waals surface area contributed by atoms with Crippen LogP contribution in [0, 0.1) is 12.0 Å². The molecule has 5 nitrogen and oxygen atoms in total. The molecule has 0 saturated carbocycles. The van der Waals surface area contributed by atoms with Crippen LogP contribution in [-0.2, 0) is 0 Å². The molecule has 0 amide bonds. The standard InChI is InChI=1S/C9H12FN5/c1-5(2)3-11-7-6-8(13-4-12-6)15-9(10)14-7/h4-5H,3H2,1-2H3,(H2,11,12,13,14,15). The van der Waals surface area contributed by atoms with Gasteiger partial charge >= 0.3 is 6.08 Å². The van der Waals surface area contributed by atoms with Crippen molar-refractivity contribution in [3.63, 3.8) is 0 Å². The third-order valence-electron chi connectivity index (χ3n) is 1.94. The Morgan fingerprint density at radius 2 is 2.27 bits per heavy atom. The molecule has 0 radical (unpaired) electrons. The number of aromatic nitrogens is 4. The van der Waals surface area contributed by atoms with Crippen LogP contribution in [0.3, 0.4) is 0 Å². The van der Waals surface area contributed by atoms with E-state index in [1.54, 1.807) is 0 Å². The lowest BCUT2D eigenvalue weighted by atomic mass is 10.2. The van der Waals surface area contributed by atoms with Gasteiger partial charge in [0.2, 0.25) is 0 Å². The zero-order valence-corrected chi connectivity index (χ0v) is 8.58. The molecule has 0 fully saturated rings. The van der Waals surface area contributed by atoms with E-state index in [0.717, 1.165) is 6.54 Å². The number of anilines is 1. The maximum Gasteiger partial charge on any atom is 0.312 e. The Balaban J connectivity index is 2.35. The number of imidazole rings is 1. The maximum atomic E-state index is 13.0. The van der Waals surface area contributed by atoms with Gasteiger partial charge in [-0.25, -0.2) is 4.98 Å². The zero-order valence-electron chi connectivity index (χ0n) is 8.58. The molecule has 0 saturated heterocycles. The van der Waals surface area contributed by atoms with Crippen molar-refractivity contribution in [2.75, 3.05) is 11.9 Å². The highest BCUT2D eigenvalue weighted by Gasteiger charge is 2.09. The molecule has 6 heteroatoms. The minimum atomic E-state index is -0.763. The number of aromatic amines is 1. The SMILES string of the molecule is CC(C)CNc1nc(F)nc2nc[nH]c12. The van der Waals surface area contributed by atoms with Crippen molar-refractivity contribution >= 4 is 17.0 Å². The van der Waals surface area contributed by atoms with Gasteiger partial charge in [0.15, 0.2) is 11.5 Å². The first-order valence-corrected chi connectivity index (χ1v) is 4.77. The minimum Gasteiger partial charge on any atom is -0.368 e. The molecule has 15 heavy (non-hydrogen) atoms. The van der Waals surface area contributed by atoms with Gasteiger partial charge < -0.3 is 10.3 Å². The Kier molecular flexibility index (Phi) is 2.49. The Hall–Kier alpha value is -1.72. The number of halogens is 1. The van der Waals surface area contributed by atoms with Gasteiger partial charge in [-0.3, -0.25) is 0 Å². The quantitative estimate of drug-likeness (QED) is 0.753. The lowest BCUT2D eigenvalue weighted by molar-refractivity contribution is 0.544. The third kappa shape index (κ3) is 2.03. The molecule has 0 aliphatic carbocycles. The van der Waals surface area contributed by atoms with Crippen LogP contribution in [0.4, 0.5) is 10.2 Å². The highest BCUT2D eigenvalue weighted by atomic mass is 19.1. The summed E-state index contributed by atoms with van der Waals surface area (Å²) in [5.41, 5.74) is 0.978. The van der Waals surface area contributed by atoms with Crippen LogP contribution in [0.1, 0.15) is 13.8 Å². The molecule has 2 aromatic heterocycles. The van der Waals surface area contributed by atoms with Crippen molar-refractivity contribution in [1.82, 2.24) is 19.9 Å². The van der Waals surface area contributed by atoms with Crippen molar-refractivity contribution in [3.05, 3.63) is 12.4 Å². The van der Waals surface area contributed by atoms with Crippen LogP contribution < -0.4 is 5.32 Å². The van der Waals surface area contributed by atoms with Gasteiger partial charge in [-0.15, -0.1) is 0 Å². The Morgan fingerprint density at radius 1 is 1.47 bits per heavy atom. The maximum absolute atomic E-state index is 13.0. The molecule has 0 unspecified atom stereocenters. The van der Waals surface area contributed by atoms with E-state index in [4.69, 9.17) is 0 Å². The van der Waals surface area contributed by atoms with E-state index in [9.17, 15) is 4.39 Å². The Morgan fingerprint density at radius 3 is 3.00 bits per heavy atom. The van der Waals surface area contributed by atoms with Gasteiger partial charge in [-0.2, -0.15) is 14.4 Å². The highest BCUT2D eigenvalue weighted by molar-refractivity contribution is 5.81. The minimum absolute atomic E-state index is 0.341. The Bertz CT molecular complexity index is 464. The van der Waals surface area contributed by atoms with Crippen LogP contribution in [-0.4, -0.2) is 26.5 Å². The molecule has 0 atom stereocenters. The predicted molar refractivity (Wildman–Crippen MR) is 55.0 cm³/mol. The van der Waals surface area contributed by atoms with Crippen LogP contribution >= 0.6 is 0 Å². The van der Waals surface area contributed by atoms with Crippen LogP contribution in [0.2, 0.25) is 0 Å². The Labute approximate surface area is 86.2 Å². The first-order valence-electron chi connectivity index (χ1n) is 4.77. The summed E-state index contributed by atoms with van der Waals surface area (Å²) in [6, 6.07) is 0. The summed E-state index contributed by atoms with van der Waals surface area (Å²) in [5, 5.41) is 3.05. The first kappa shape index (κ1) is 9.82. The van der Waals surface area contributed by atoms with Gasteiger partial charge in [-0.05, 0) is 5.92 Å². The summed E-state index contributed by atoms with van der Waals surface area (Å²) >= 11 is 0. The summed E-state index contributed by atoms with van der Waals surface area (Å²) in [6.45, 7) is 4.86. The smallest absolute Gasteiger partial charge is 0.312 e. The van der Waals surface area contributed by atoms with Crippen LogP contribution in [0.5, 0.6) is 0 Å². The third-order valence-corrected chi connectivity index (χ3v) is 1.94. The number of hydrogen-bond donors (Lipinski definition) is 2. The summed E-state index contributed by atoms with van der Waals surface area (Å²) < 4.78 is 13.0.